The highest BCUT2D eigenvalue weighted by Gasteiger charge is 2.33. The van der Waals surface area contributed by atoms with Gasteiger partial charge < -0.3 is 10.0 Å². The van der Waals surface area contributed by atoms with Gasteiger partial charge in [0.25, 0.3) is 0 Å². The molecule has 0 radical (unpaired) electrons. The van der Waals surface area contributed by atoms with Crippen LogP contribution in [-0.4, -0.2) is 5.11 Å². The van der Waals surface area contributed by atoms with Gasteiger partial charge in [0.2, 0.25) is 0 Å². The van der Waals surface area contributed by atoms with Crippen molar-refractivity contribution in [3.63, 3.8) is 0 Å². The molecule has 4 rings (SSSR count). The Morgan fingerprint density at radius 3 is 2.14 bits per heavy atom. The Balaban J connectivity index is 1.88. The summed E-state index contributed by atoms with van der Waals surface area (Å²) in [6.45, 7) is 0. The molecule has 1 heterocycles. The molecule has 0 spiro atoms. The molecule has 3 aromatic carbocycles. The smallest absolute Gasteiger partial charge is 0.139 e. The summed E-state index contributed by atoms with van der Waals surface area (Å²) < 4.78 is 0. The van der Waals surface area contributed by atoms with Crippen LogP contribution in [0.15, 0.2) is 83.8 Å². The summed E-state index contributed by atoms with van der Waals surface area (Å²) in [4.78, 5) is 3.45. The van der Waals surface area contributed by atoms with Crippen LogP contribution in [0.5, 0.6) is 5.75 Å². The second-order valence-electron chi connectivity index (χ2n) is 5.21. The maximum absolute atomic E-state index is 10.3. The van der Waals surface area contributed by atoms with Crippen LogP contribution in [0.3, 0.4) is 0 Å². The van der Waals surface area contributed by atoms with Crippen LogP contribution in [0.25, 0.3) is 0 Å². The van der Waals surface area contributed by atoms with Gasteiger partial charge in [-0.25, -0.2) is 0 Å². The van der Waals surface area contributed by atoms with E-state index in [1.807, 2.05) is 42.1 Å². The summed E-state index contributed by atoms with van der Waals surface area (Å²) in [6.07, 6.45) is 0. The van der Waals surface area contributed by atoms with Crippen molar-refractivity contribution >= 4 is 23.1 Å². The Hall–Kier alpha value is -2.39. The van der Waals surface area contributed by atoms with E-state index in [0.717, 1.165) is 11.4 Å². The summed E-state index contributed by atoms with van der Waals surface area (Å²) in [5, 5.41) is 10.4. The lowest BCUT2D eigenvalue weighted by Crippen LogP contribution is -2.17. The van der Waals surface area contributed by atoms with Crippen LogP contribution in [-0.2, 0) is 0 Å². The zero-order valence-corrected chi connectivity index (χ0v) is 12.7. The van der Waals surface area contributed by atoms with Gasteiger partial charge in [0.05, 0.1) is 11.4 Å². The monoisotopic (exact) mass is 305 g/mol. The molecule has 3 heteroatoms. The van der Waals surface area contributed by atoms with Crippen molar-refractivity contribution in [1.29, 1.82) is 0 Å². The number of nitrogens with zero attached hydrogens (tertiary/aromatic N) is 1. The van der Waals surface area contributed by atoms with Crippen molar-refractivity contribution in [2.45, 2.75) is 10.3 Å². The maximum atomic E-state index is 10.3. The second-order valence-corrected chi connectivity index (χ2v) is 6.33. The highest BCUT2D eigenvalue weighted by molar-refractivity contribution is 8.00. The maximum Gasteiger partial charge on any atom is 0.139 e. The minimum absolute atomic E-state index is 0.131. The molecular formula is C19H15NOS. The third-order valence-electron chi connectivity index (χ3n) is 3.82. The number of hydrogen-bond acceptors (Lipinski definition) is 3. The van der Waals surface area contributed by atoms with Crippen molar-refractivity contribution in [3.05, 3.63) is 84.4 Å². The van der Waals surface area contributed by atoms with E-state index < -0.39 is 0 Å². The molecule has 1 aliphatic rings. The van der Waals surface area contributed by atoms with Crippen molar-refractivity contribution < 1.29 is 5.11 Å². The summed E-state index contributed by atoms with van der Waals surface area (Å²) in [5.41, 5.74) is 3.21. The molecule has 0 fully saturated rings. The number of fused-ring (bicyclic) bond motifs is 1. The number of para-hydroxylation sites is 3. The van der Waals surface area contributed by atoms with Gasteiger partial charge in [-0.15, -0.1) is 0 Å². The summed E-state index contributed by atoms with van der Waals surface area (Å²) in [7, 11) is 0. The lowest BCUT2D eigenvalue weighted by atomic mass is 10.1. The molecule has 0 aromatic heterocycles. The van der Waals surface area contributed by atoms with Crippen molar-refractivity contribution in [2.24, 2.45) is 0 Å². The molecule has 0 bridgehead atoms. The van der Waals surface area contributed by atoms with Gasteiger partial charge in [-0.1, -0.05) is 66.4 Å². The topological polar surface area (TPSA) is 23.5 Å². The van der Waals surface area contributed by atoms with Gasteiger partial charge in [0, 0.05) is 4.90 Å². The standard InChI is InChI=1S/C19H15NOS/c21-17-12-6-4-10-15(17)20-16-11-5-7-13-18(16)22-19(20)14-8-2-1-3-9-14/h1-13,19,21H. The van der Waals surface area contributed by atoms with Crippen molar-refractivity contribution in [2.75, 3.05) is 4.90 Å². The van der Waals surface area contributed by atoms with Crippen molar-refractivity contribution in [3.8, 4) is 5.75 Å². The number of benzene rings is 3. The van der Waals surface area contributed by atoms with Crippen LogP contribution in [0.2, 0.25) is 0 Å². The van der Waals surface area contributed by atoms with E-state index in [4.69, 9.17) is 0 Å². The summed E-state index contributed by atoms with van der Waals surface area (Å²) in [5.74, 6) is 0.306. The van der Waals surface area contributed by atoms with E-state index in [2.05, 4.69) is 47.4 Å². The first-order chi connectivity index (χ1) is 10.8. The fraction of sp³-hybridized carbons (Fsp3) is 0.0526. The van der Waals surface area contributed by atoms with E-state index in [9.17, 15) is 5.11 Å². The third kappa shape index (κ3) is 2.14. The molecule has 0 saturated carbocycles. The van der Waals surface area contributed by atoms with Gasteiger partial charge in [-0.3, -0.25) is 0 Å². The molecule has 1 unspecified atom stereocenters. The summed E-state index contributed by atoms with van der Waals surface area (Å²) >= 11 is 1.82. The number of rotatable bonds is 2. The molecule has 1 atom stereocenters. The van der Waals surface area contributed by atoms with Crippen LogP contribution in [0.1, 0.15) is 10.9 Å². The lowest BCUT2D eigenvalue weighted by Gasteiger charge is -2.27. The SMILES string of the molecule is Oc1ccccc1N1c2ccccc2SC1c1ccccc1. The molecule has 108 valence electrons. The van der Waals surface area contributed by atoms with Gasteiger partial charge in [0.15, 0.2) is 0 Å². The average Bonchev–Trinajstić information content (AvgIpc) is 2.95. The molecule has 22 heavy (non-hydrogen) atoms. The first kappa shape index (κ1) is 13.3. The van der Waals surface area contributed by atoms with Gasteiger partial charge in [0.1, 0.15) is 11.1 Å². The van der Waals surface area contributed by atoms with Gasteiger partial charge in [-0.05, 0) is 29.8 Å². The quantitative estimate of drug-likeness (QED) is 0.691. The minimum Gasteiger partial charge on any atom is -0.506 e. The zero-order chi connectivity index (χ0) is 14.9. The molecule has 0 amide bonds. The van der Waals surface area contributed by atoms with Crippen LogP contribution >= 0.6 is 11.8 Å². The zero-order valence-electron chi connectivity index (χ0n) is 11.9. The van der Waals surface area contributed by atoms with Crippen LogP contribution in [0, 0.1) is 0 Å². The Morgan fingerprint density at radius 1 is 0.727 bits per heavy atom. The van der Waals surface area contributed by atoms with Crippen LogP contribution < -0.4 is 4.90 Å². The predicted molar refractivity (Wildman–Crippen MR) is 91.7 cm³/mol. The third-order valence-corrected chi connectivity index (χ3v) is 5.13. The van der Waals surface area contributed by atoms with E-state index >= 15 is 0 Å². The highest BCUT2D eigenvalue weighted by atomic mass is 32.2. The molecule has 2 nitrogen and oxygen atoms in total. The fourth-order valence-electron chi connectivity index (χ4n) is 2.81. The van der Waals surface area contributed by atoms with Crippen molar-refractivity contribution in [1.82, 2.24) is 0 Å². The van der Waals surface area contributed by atoms with E-state index in [-0.39, 0.29) is 5.37 Å². The number of anilines is 2. The number of phenols is 1. The number of hydrogen-bond donors (Lipinski definition) is 1. The summed E-state index contributed by atoms with van der Waals surface area (Å²) in [6, 6.07) is 26.3. The van der Waals surface area contributed by atoms with Gasteiger partial charge >= 0.3 is 0 Å². The van der Waals surface area contributed by atoms with E-state index in [1.165, 1.54) is 10.5 Å². The number of thioether (sulfide) groups is 1. The minimum atomic E-state index is 0.131. The molecule has 3 aromatic rings. The average molecular weight is 305 g/mol. The molecular weight excluding hydrogens is 290 g/mol. The largest absolute Gasteiger partial charge is 0.506 e. The second kappa shape index (κ2) is 5.43. The molecule has 1 aliphatic heterocycles. The number of phenolic OH excluding ortho intramolecular Hbond substituents is 1. The van der Waals surface area contributed by atoms with E-state index in [0.29, 0.717) is 5.75 Å². The number of aromatic hydroxyl groups is 1. The normalized spacial score (nSPS) is 16.5. The Morgan fingerprint density at radius 2 is 1.36 bits per heavy atom. The Bertz CT molecular complexity index is 803. The fourth-order valence-corrected chi connectivity index (χ4v) is 4.12. The Kier molecular flexibility index (Phi) is 3.28. The molecule has 0 aliphatic carbocycles. The molecule has 1 N–H and O–H groups in total. The lowest BCUT2D eigenvalue weighted by molar-refractivity contribution is 0.475. The van der Waals surface area contributed by atoms with Crippen LogP contribution in [0.4, 0.5) is 11.4 Å². The molecule has 0 saturated heterocycles. The van der Waals surface area contributed by atoms with E-state index in [1.54, 1.807) is 6.07 Å². The Labute approximate surface area is 134 Å². The first-order valence-corrected chi connectivity index (χ1v) is 8.10. The van der Waals surface area contributed by atoms with Gasteiger partial charge in [-0.2, -0.15) is 0 Å². The highest BCUT2D eigenvalue weighted by Crippen LogP contribution is 2.55. The first-order valence-electron chi connectivity index (χ1n) is 7.22. The predicted octanol–water partition coefficient (Wildman–Crippen LogP) is 5.33.